The third kappa shape index (κ3) is 7.07. The molecule has 1 unspecified atom stereocenters. The van der Waals surface area contributed by atoms with E-state index in [0.29, 0.717) is 0 Å². The van der Waals surface area contributed by atoms with Gasteiger partial charge in [0.05, 0.1) is 8.07 Å². The Kier molecular flexibility index (Phi) is 11.6. The number of unbranched alkanes of at least 4 members (excludes halogenated alkanes) is 1. The molecule has 0 N–H and O–H groups in total. The van der Waals surface area contributed by atoms with Gasteiger partial charge in [0.15, 0.2) is 0 Å². The van der Waals surface area contributed by atoms with Crippen molar-refractivity contribution in [3.05, 3.63) is 60.7 Å². The fraction of sp³-hybridized carbons (Fsp3) is 0.613. The van der Waals surface area contributed by atoms with E-state index >= 15 is 0 Å². The van der Waals surface area contributed by atoms with E-state index in [0.717, 1.165) is 21.8 Å². The maximum absolute atomic E-state index is 2.72. The zero-order valence-corrected chi connectivity index (χ0v) is 26.8. The monoisotopic (exact) mass is 509 g/mol. The quantitative estimate of drug-likeness (QED) is 0.176. The highest BCUT2D eigenvalue weighted by Gasteiger charge is 2.42. The second-order valence-corrected chi connectivity index (χ2v) is 26.9. The summed E-state index contributed by atoms with van der Waals surface area (Å²) >= 11 is 0. The molecule has 0 spiro atoms. The Morgan fingerprint density at radius 2 is 1.06 bits per heavy atom. The van der Waals surface area contributed by atoms with Crippen molar-refractivity contribution in [3.8, 4) is 0 Å². The van der Waals surface area contributed by atoms with E-state index in [1.54, 1.807) is 10.4 Å². The van der Waals surface area contributed by atoms with Gasteiger partial charge in [-0.3, -0.25) is 0 Å². The van der Waals surface area contributed by atoms with Gasteiger partial charge in [0.2, 0.25) is 0 Å². The number of rotatable bonds is 14. The molecule has 0 aliphatic rings. The van der Waals surface area contributed by atoms with Gasteiger partial charge in [-0.2, -0.15) is 0 Å². The maximum atomic E-state index is 2.72. The van der Waals surface area contributed by atoms with Crippen LogP contribution in [0.5, 0.6) is 0 Å². The van der Waals surface area contributed by atoms with Crippen LogP contribution in [-0.4, -0.2) is 24.9 Å². The van der Waals surface area contributed by atoms with Crippen molar-refractivity contribution in [2.75, 3.05) is 0 Å². The second-order valence-electron chi connectivity index (χ2n) is 12.3. The first-order valence-corrected chi connectivity index (χ1v) is 21.4. The van der Waals surface area contributed by atoms with Crippen molar-refractivity contribution >= 4 is 35.3 Å². The summed E-state index contributed by atoms with van der Waals surface area (Å²) in [5, 5.41) is 4.11. The van der Waals surface area contributed by atoms with E-state index in [4.69, 9.17) is 0 Å². The molecule has 1 atom stereocenters. The summed E-state index contributed by atoms with van der Waals surface area (Å²) < 4.78 is 0. The summed E-state index contributed by atoms with van der Waals surface area (Å²) in [4.78, 5) is 0. The van der Waals surface area contributed by atoms with Crippen LogP contribution in [0.2, 0.25) is 47.0 Å². The average molecular weight is 510 g/mol. The zero-order valence-electron chi connectivity index (χ0n) is 23.8. The van der Waals surface area contributed by atoms with Crippen LogP contribution in [0.4, 0.5) is 0 Å². The minimum atomic E-state index is -1.40. The molecule has 0 aliphatic heterocycles. The predicted octanol–water partition coefficient (Wildman–Crippen LogP) is 9.17. The normalized spacial score (nSPS) is 13.9. The molecule has 0 aliphatic carbocycles. The minimum absolute atomic E-state index is 0.792. The van der Waals surface area contributed by atoms with Gasteiger partial charge in [-0.15, -0.1) is 0 Å². The van der Waals surface area contributed by atoms with Crippen molar-refractivity contribution in [1.82, 2.24) is 0 Å². The third-order valence-electron chi connectivity index (χ3n) is 8.94. The molecular formula is C31H53Si3. The zero-order chi connectivity index (χ0) is 25.4. The summed E-state index contributed by atoms with van der Waals surface area (Å²) in [5.74, 6) is 0. The molecule has 189 valence electrons. The molecule has 0 saturated heterocycles. The highest BCUT2D eigenvalue weighted by molar-refractivity contribution is 7.00. The lowest BCUT2D eigenvalue weighted by Crippen LogP contribution is -2.54. The van der Waals surface area contributed by atoms with Crippen LogP contribution in [0, 0.1) is 0 Å². The molecule has 0 fully saturated rings. The summed E-state index contributed by atoms with van der Waals surface area (Å²) in [6, 6.07) is 26.1. The van der Waals surface area contributed by atoms with Crippen LogP contribution in [0.3, 0.4) is 0 Å². The molecule has 0 bridgehead atoms. The Labute approximate surface area is 216 Å². The lowest BCUT2D eigenvalue weighted by atomic mass is 10.3. The van der Waals surface area contributed by atoms with E-state index in [1.807, 2.05) is 0 Å². The lowest BCUT2D eigenvalue weighted by Gasteiger charge is -2.44. The second kappa shape index (κ2) is 13.4. The van der Waals surface area contributed by atoms with E-state index < -0.39 is 24.9 Å². The van der Waals surface area contributed by atoms with Crippen LogP contribution in [-0.2, 0) is 0 Å². The number of hydrogen-bond acceptors (Lipinski definition) is 0. The first kappa shape index (κ1) is 29.3. The molecule has 2 aromatic rings. The minimum Gasteiger partial charge on any atom is -0.0693 e. The van der Waals surface area contributed by atoms with E-state index in [2.05, 4.69) is 122 Å². The molecule has 2 aromatic carbocycles. The Morgan fingerprint density at radius 1 is 0.647 bits per heavy atom. The van der Waals surface area contributed by atoms with E-state index in [-0.39, 0.29) is 0 Å². The van der Waals surface area contributed by atoms with Crippen molar-refractivity contribution < 1.29 is 0 Å². The van der Waals surface area contributed by atoms with Crippen molar-refractivity contribution in [1.29, 1.82) is 0 Å². The fourth-order valence-corrected chi connectivity index (χ4v) is 23.6. The molecule has 0 nitrogen and oxygen atoms in total. The largest absolute Gasteiger partial charge is 0.121 e. The molecule has 0 amide bonds. The standard InChI is InChI=1S/C31H53Si3/c1-10-19-31(32(29-20-13-11-14-21-29)30-22-15-12-16-23-30)33(8,9)24-17-18-25-34(26(2)3,27(4)5)28(6)7/h11-16,20-23,26-28,31H,10,17-19,24-25H2,1-9H3. The first-order valence-electron chi connectivity index (χ1n) is 14.1. The Balaban J connectivity index is 2.24. The maximum Gasteiger partial charge on any atom is 0.121 e. The molecule has 3 heteroatoms. The van der Waals surface area contributed by atoms with Gasteiger partial charge in [0, 0.05) is 8.07 Å². The summed E-state index contributed by atoms with van der Waals surface area (Å²) in [6.07, 6.45) is 5.59. The van der Waals surface area contributed by atoms with Crippen molar-refractivity contribution in [3.63, 3.8) is 0 Å². The van der Waals surface area contributed by atoms with Gasteiger partial charge in [-0.1, -0.05) is 187 Å². The highest BCUT2D eigenvalue weighted by atomic mass is 28.4. The van der Waals surface area contributed by atoms with Gasteiger partial charge in [-0.05, 0) is 5.16 Å². The molecular weight excluding hydrogens is 457 g/mol. The summed E-state index contributed by atoms with van der Waals surface area (Å²) in [7, 11) is -3.46. The van der Waals surface area contributed by atoms with Crippen LogP contribution >= 0.6 is 0 Å². The highest BCUT2D eigenvalue weighted by Crippen LogP contribution is 2.46. The van der Waals surface area contributed by atoms with Crippen LogP contribution in [0.25, 0.3) is 0 Å². The smallest absolute Gasteiger partial charge is 0.0693 e. The molecule has 2 rings (SSSR count). The molecule has 0 saturated carbocycles. The van der Waals surface area contributed by atoms with E-state index in [9.17, 15) is 0 Å². The topological polar surface area (TPSA) is 0 Å². The van der Waals surface area contributed by atoms with Gasteiger partial charge in [0.25, 0.3) is 0 Å². The van der Waals surface area contributed by atoms with Crippen LogP contribution in [0.1, 0.15) is 74.1 Å². The Hall–Kier alpha value is -0.909. The van der Waals surface area contributed by atoms with Crippen molar-refractivity contribution in [2.24, 2.45) is 0 Å². The van der Waals surface area contributed by atoms with Crippen molar-refractivity contribution in [2.45, 2.75) is 121 Å². The third-order valence-corrected chi connectivity index (χ3v) is 26.5. The number of hydrogen-bond donors (Lipinski definition) is 0. The SMILES string of the molecule is CCCC([Si](c1ccccc1)c1ccccc1)[Si](C)(C)CCCC[Si](C(C)C)(C(C)C)C(C)C. The molecule has 1 radical (unpaired) electrons. The number of benzene rings is 2. The van der Waals surface area contributed by atoms with E-state index in [1.165, 1.54) is 37.8 Å². The van der Waals surface area contributed by atoms with Gasteiger partial charge < -0.3 is 0 Å². The fourth-order valence-electron chi connectivity index (χ4n) is 7.07. The molecule has 34 heavy (non-hydrogen) atoms. The molecule has 0 heterocycles. The predicted molar refractivity (Wildman–Crippen MR) is 164 cm³/mol. The lowest BCUT2D eigenvalue weighted by molar-refractivity contribution is 0.747. The first-order chi connectivity index (χ1) is 16.1. The van der Waals surface area contributed by atoms with Gasteiger partial charge >= 0.3 is 0 Å². The average Bonchev–Trinajstić information content (AvgIpc) is 2.79. The Bertz CT molecular complexity index is 750. The Morgan fingerprint density at radius 3 is 1.44 bits per heavy atom. The summed E-state index contributed by atoms with van der Waals surface area (Å²) in [5.41, 5.74) is 2.66. The van der Waals surface area contributed by atoms with Gasteiger partial charge in [-0.25, -0.2) is 0 Å². The molecule has 0 aromatic heterocycles. The summed E-state index contributed by atoms with van der Waals surface area (Å²) in [6.45, 7) is 23.0. The van der Waals surface area contributed by atoms with Crippen LogP contribution in [0.15, 0.2) is 60.7 Å². The van der Waals surface area contributed by atoms with Crippen LogP contribution < -0.4 is 10.4 Å². The van der Waals surface area contributed by atoms with Gasteiger partial charge in [0.1, 0.15) is 8.80 Å².